The van der Waals surface area contributed by atoms with E-state index in [0.717, 1.165) is 11.3 Å². The smallest absolute Gasteiger partial charge is 0.358 e. The summed E-state index contributed by atoms with van der Waals surface area (Å²) in [6.45, 7) is 0.0182. The molecule has 0 bridgehead atoms. The van der Waals surface area contributed by atoms with Crippen LogP contribution in [-0.2, 0) is 28.4 Å². The number of hydrogen-bond donors (Lipinski definition) is 1. The summed E-state index contributed by atoms with van der Waals surface area (Å²) in [7, 11) is -0.924. The Morgan fingerprint density at radius 1 is 1.50 bits per heavy atom. The quantitative estimate of drug-likeness (QED) is 0.787. The van der Waals surface area contributed by atoms with Crippen molar-refractivity contribution >= 4 is 27.3 Å². The summed E-state index contributed by atoms with van der Waals surface area (Å²) in [6.07, 6.45) is 3.27. The molecule has 0 fully saturated rings. The Hall–Kier alpha value is -1.78. The number of aryl methyl sites for hydroxylation is 1. The number of methoxy groups -OCH3 is 1. The van der Waals surface area contributed by atoms with Crippen molar-refractivity contribution < 1.29 is 17.9 Å². The van der Waals surface area contributed by atoms with E-state index in [1.54, 1.807) is 24.0 Å². The molecule has 0 saturated carbocycles. The second-order valence-corrected chi connectivity index (χ2v) is 6.58. The lowest BCUT2D eigenvalue weighted by atomic mass is 10.5. The molecule has 10 heteroatoms. The SMILES string of the molecule is COC(=O)c1ncsc1S(=O)(=O)NCc1nccn1C. The molecule has 2 aromatic rings. The summed E-state index contributed by atoms with van der Waals surface area (Å²) in [5.74, 6) is -0.235. The molecule has 1 N–H and O–H groups in total. The molecule has 0 saturated heterocycles. The van der Waals surface area contributed by atoms with Crippen molar-refractivity contribution in [3.05, 3.63) is 29.4 Å². The Balaban J connectivity index is 2.21. The number of nitrogens with zero attached hydrogens (tertiary/aromatic N) is 3. The van der Waals surface area contributed by atoms with Gasteiger partial charge in [-0.15, -0.1) is 11.3 Å². The van der Waals surface area contributed by atoms with E-state index in [1.807, 2.05) is 0 Å². The maximum Gasteiger partial charge on any atom is 0.358 e. The first-order valence-corrected chi connectivity index (χ1v) is 7.79. The Kier molecular flexibility index (Phi) is 4.16. The van der Waals surface area contributed by atoms with Gasteiger partial charge in [-0.25, -0.2) is 27.9 Å². The minimum absolute atomic E-state index is 0.0182. The summed E-state index contributed by atoms with van der Waals surface area (Å²) in [4.78, 5) is 19.2. The first-order chi connectivity index (χ1) is 9.45. The van der Waals surface area contributed by atoms with Gasteiger partial charge in [-0.1, -0.05) is 0 Å². The normalized spacial score (nSPS) is 11.5. The van der Waals surface area contributed by atoms with Crippen LogP contribution in [0, 0.1) is 0 Å². The molecule has 0 amide bonds. The van der Waals surface area contributed by atoms with E-state index in [2.05, 4.69) is 19.4 Å². The van der Waals surface area contributed by atoms with Gasteiger partial charge in [0.2, 0.25) is 0 Å². The van der Waals surface area contributed by atoms with Crippen LogP contribution in [0.2, 0.25) is 0 Å². The predicted octanol–water partition coefficient (Wildman–Crippen LogP) is 0.142. The van der Waals surface area contributed by atoms with Gasteiger partial charge in [-0.2, -0.15) is 0 Å². The van der Waals surface area contributed by atoms with Gasteiger partial charge in [0, 0.05) is 19.4 Å². The van der Waals surface area contributed by atoms with Gasteiger partial charge in [0.05, 0.1) is 19.2 Å². The molecular formula is C10H12N4O4S2. The summed E-state index contributed by atoms with van der Waals surface area (Å²) in [6, 6.07) is 0. The van der Waals surface area contributed by atoms with Crippen molar-refractivity contribution in [1.82, 2.24) is 19.3 Å². The van der Waals surface area contributed by atoms with Gasteiger partial charge in [-0.3, -0.25) is 0 Å². The molecule has 0 radical (unpaired) electrons. The molecule has 2 rings (SSSR count). The fraction of sp³-hybridized carbons (Fsp3) is 0.300. The van der Waals surface area contributed by atoms with Gasteiger partial charge in [0.25, 0.3) is 10.0 Å². The predicted molar refractivity (Wildman–Crippen MR) is 70.7 cm³/mol. The first kappa shape index (κ1) is 14.6. The molecular weight excluding hydrogens is 304 g/mol. The lowest BCUT2D eigenvalue weighted by Gasteiger charge is -2.06. The molecule has 8 nitrogen and oxygen atoms in total. The maximum absolute atomic E-state index is 12.2. The number of ether oxygens (including phenoxy) is 1. The van der Waals surface area contributed by atoms with Gasteiger partial charge < -0.3 is 9.30 Å². The number of carbonyl (C=O) groups is 1. The van der Waals surface area contributed by atoms with E-state index in [9.17, 15) is 13.2 Å². The zero-order valence-electron chi connectivity index (χ0n) is 10.7. The summed E-state index contributed by atoms with van der Waals surface area (Å²) in [5, 5.41) is 0. The molecule has 0 spiro atoms. The fourth-order valence-corrected chi connectivity index (χ4v) is 3.61. The Morgan fingerprint density at radius 3 is 2.85 bits per heavy atom. The van der Waals surface area contributed by atoms with Crippen LogP contribution >= 0.6 is 11.3 Å². The van der Waals surface area contributed by atoms with Crippen LogP contribution in [0.3, 0.4) is 0 Å². The number of aromatic nitrogens is 3. The Bertz CT molecular complexity index is 719. The van der Waals surface area contributed by atoms with Crippen molar-refractivity contribution in [3.63, 3.8) is 0 Å². The average Bonchev–Trinajstić information content (AvgIpc) is 3.04. The molecule has 0 aromatic carbocycles. The van der Waals surface area contributed by atoms with Gasteiger partial charge in [0.1, 0.15) is 5.82 Å². The largest absolute Gasteiger partial charge is 0.464 e. The van der Waals surface area contributed by atoms with E-state index in [1.165, 1.54) is 12.6 Å². The van der Waals surface area contributed by atoms with Gasteiger partial charge in [-0.05, 0) is 0 Å². The number of thiazole rings is 1. The van der Waals surface area contributed by atoms with Crippen LogP contribution in [0.4, 0.5) is 0 Å². The Morgan fingerprint density at radius 2 is 2.25 bits per heavy atom. The van der Waals surface area contributed by atoms with Crippen molar-refractivity contribution in [2.45, 2.75) is 10.8 Å². The van der Waals surface area contributed by atoms with Crippen LogP contribution in [0.15, 0.2) is 22.1 Å². The molecule has 2 aromatic heterocycles. The third kappa shape index (κ3) is 2.86. The molecule has 0 atom stereocenters. The molecule has 0 unspecified atom stereocenters. The first-order valence-electron chi connectivity index (χ1n) is 5.43. The third-order valence-corrected chi connectivity index (χ3v) is 5.27. The standard InChI is InChI=1S/C10H12N4O4S2/c1-14-4-3-11-7(14)5-13-20(16,17)10-8(9(15)18-2)12-6-19-10/h3-4,6,13H,5H2,1-2H3. The molecule has 2 heterocycles. The fourth-order valence-electron chi connectivity index (χ4n) is 1.45. The van der Waals surface area contributed by atoms with E-state index in [4.69, 9.17) is 0 Å². The van der Waals surface area contributed by atoms with E-state index < -0.39 is 16.0 Å². The number of nitrogens with one attached hydrogen (secondary N) is 1. The zero-order valence-corrected chi connectivity index (χ0v) is 12.4. The molecule has 0 aliphatic heterocycles. The topological polar surface area (TPSA) is 103 Å². The Labute approximate surface area is 119 Å². The number of hydrogen-bond acceptors (Lipinski definition) is 7. The number of imidazole rings is 1. The van der Waals surface area contributed by atoms with Crippen LogP contribution in [-0.4, -0.2) is 36.0 Å². The van der Waals surface area contributed by atoms with Gasteiger partial charge in [0.15, 0.2) is 9.90 Å². The second kappa shape index (κ2) is 5.69. The van der Waals surface area contributed by atoms with Crippen LogP contribution < -0.4 is 4.72 Å². The van der Waals surface area contributed by atoms with E-state index in [0.29, 0.717) is 5.82 Å². The zero-order chi connectivity index (χ0) is 14.8. The molecule has 0 aliphatic carbocycles. The minimum Gasteiger partial charge on any atom is -0.464 e. The molecule has 20 heavy (non-hydrogen) atoms. The molecule has 0 aliphatic rings. The van der Waals surface area contributed by atoms with Crippen molar-refractivity contribution in [1.29, 1.82) is 0 Å². The van der Waals surface area contributed by atoms with Crippen LogP contribution in [0.25, 0.3) is 0 Å². The number of sulfonamides is 1. The lowest BCUT2D eigenvalue weighted by Crippen LogP contribution is -2.25. The van der Waals surface area contributed by atoms with Crippen molar-refractivity contribution in [3.8, 4) is 0 Å². The number of carbonyl (C=O) groups excluding carboxylic acids is 1. The lowest BCUT2D eigenvalue weighted by molar-refractivity contribution is 0.0590. The molecule has 108 valence electrons. The van der Waals surface area contributed by atoms with E-state index >= 15 is 0 Å². The number of esters is 1. The second-order valence-electron chi connectivity index (χ2n) is 3.76. The average molecular weight is 316 g/mol. The maximum atomic E-state index is 12.2. The van der Waals surface area contributed by atoms with Crippen LogP contribution in [0.1, 0.15) is 16.3 Å². The summed E-state index contributed by atoms with van der Waals surface area (Å²) in [5.41, 5.74) is 1.06. The van der Waals surface area contributed by atoms with Crippen LogP contribution in [0.5, 0.6) is 0 Å². The highest BCUT2D eigenvalue weighted by molar-refractivity contribution is 7.91. The van der Waals surface area contributed by atoms with Crippen molar-refractivity contribution in [2.24, 2.45) is 7.05 Å². The highest BCUT2D eigenvalue weighted by Gasteiger charge is 2.26. The summed E-state index contributed by atoms with van der Waals surface area (Å²) >= 11 is 0.852. The van der Waals surface area contributed by atoms with Crippen molar-refractivity contribution in [2.75, 3.05) is 7.11 Å². The minimum atomic E-state index is -3.84. The summed E-state index contributed by atoms with van der Waals surface area (Å²) < 4.78 is 32.7. The highest BCUT2D eigenvalue weighted by Crippen LogP contribution is 2.20. The monoisotopic (exact) mass is 316 g/mol. The van der Waals surface area contributed by atoms with Gasteiger partial charge >= 0.3 is 5.97 Å². The number of rotatable bonds is 5. The van der Waals surface area contributed by atoms with E-state index in [-0.39, 0.29) is 16.4 Å². The third-order valence-electron chi connectivity index (χ3n) is 2.50. The highest BCUT2D eigenvalue weighted by atomic mass is 32.2.